The fourth-order valence-electron chi connectivity index (χ4n) is 2.96. The van der Waals surface area contributed by atoms with E-state index in [4.69, 9.17) is 4.74 Å². The number of hydrogen-bond donors (Lipinski definition) is 1. The zero-order chi connectivity index (χ0) is 17.2. The van der Waals surface area contributed by atoms with Gasteiger partial charge in [-0.1, -0.05) is 0 Å². The molecule has 0 unspecified atom stereocenters. The van der Waals surface area contributed by atoms with Gasteiger partial charge in [0, 0.05) is 44.0 Å². The Morgan fingerprint density at radius 2 is 2.00 bits per heavy atom. The summed E-state index contributed by atoms with van der Waals surface area (Å²) in [6.07, 6.45) is 2.66. The molecule has 1 N–H and O–H groups in total. The van der Waals surface area contributed by atoms with Gasteiger partial charge in [0.2, 0.25) is 0 Å². The van der Waals surface area contributed by atoms with Crippen LogP contribution in [0.1, 0.15) is 31.1 Å². The zero-order valence-electron chi connectivity index (χ0n) is 13.3. The fourth-order valence-corrected chi connectivity index (χ4v) is 2.96. The number of halogens is 3. The van der Waals surface area contributed by atoms with Crippen LogP contribution in [-0.2, 0) is 24.4 Å². The number of imidazole rings is 2. The van der Waals surface area contributed by atoms with Crippen LogP contribution in [0.15, 0.2) is 24.8 Å². The quantitative estimate of drug-likeness (QED) is 0.874. The van der Waals surface area contributed by atoms with Crippen LogP contribution in [-0.4, -0.2) is 37.9 Å². The molecule has 0 aliphatic carbocycles. The zero-order valence-corrected chi connectivity index (χ0v) is 13.3. The van der Waals surface area contributed by atoms with Gasteiger partial charge in [0.1, 0.15) is 24.3 Å². The van der Waals surface area contributed by atoms with E-state index in [0.29, 0.717) is 12.4 Å². The molecule has 0 radical (unpaired) electrons. The van der Waals surface area contributed by atoms with Gasteiger partial charge < -0.3 is 19.2 Å². The van der Waals surface area contributed by atoms with Crippen molar-refractivity contribution >= 4 is 0 Å². The number of nitrogens with zero attached hydrogens (tertiary/aromatic N) is 4. The maximum atomic E-state index is 12.6. The second kappa shape index (κ2) is 6.94. The highest BCUT2D eigenvalue weighted by atomic mass is 19.4. The highest BCUT2D eigenvalue weighted by Crippen LogP contribution is 2.28. The minimum atomic E-state index is -4.26. The van der Waals surface area contributed by atoms with Crippen molar-refractivity contribution in [2.45, 2.75) is 51.3 Å². The highest BCUT2D eigenvalue weighted by molar-refractivity contribution is 5.04. The van der Waals surface area contributed by atoms with Crippen LogP contribution in [0.4, 0.5) is 13.2 Å². The normalized spacial score (nSPS) is 21.5. The van der Waals surface area contributed by atoms with E-state index in [1.807, 2.05) is 17.7 Å². The van der Waals surface area contributed by atoms with Crippen molar-refractivity contribution in [3.05, 3.63) is 36.4 Å². The number of hydrogen-bond acceptors (Lipinski definition) is 4. The van der Waals surface area contributed by atoms with Gasteiger partial charge in [0.05, 0.1) is 6.54 Å². The van der Waals surface area contributed by atoms with E-state index >= 15 is 0 Å². The van der Waals surface area contributed by atoms with Crippen molar-refractivity contribution < 1.29 is 17.9 Å². The van der Waals surface area contributed by atoms with Crippen LogP contribution < -0.4 is 5.32 Å². The van der Waals surface area contributed by atoms with Crippen LogP contribution in [0, 0.1) is 0 Å². The molecule has 9 heteroatoms. The van der Waals surface area contributed by atoms with Crippen molar-refractivity contribution in [1.82, 2.24) is 24.4 Å². The summed E-state index contributed by atoms with van der Waals surface area (Å²) >= 11 is 0. The first kappa shape index (κ1) is 17.0. The van der Waals surface area contributed by atoms with Gasteiger partial charge in [-0.2, -0.15) is 13.2 Å². The first-order chi connectivity index (χ1) is 11.5. The Bertz CT molecular complexity index is 666. The summed E-state index contributed by atoms with van der Waals surface area (Å²) in [5.41, 5.74) is 0. The lowest BCUT2D eigenvalue weighted by Crippen LogP contribution is -2.34. The topological polar surface area (TPSA) is 56.9 Å². The Hall–Kier alpha value is -1.87. The first-order valence-electron chi connectivity index (χ1n) is 7.90. The summed E-state index contributed by atoms with van der Waals surface area (Å²) in [7, 11) is 0. The molecule has 24 heavy (non-hydrogen) atoms. The molecule has 1 aliphatic heterocycles. The van der Waals surface area contributed by atoms with Gasteiger partial charge in [-0.15, -0.1) is 0 Å². The molecule has 2 aromatic rings. The summed E-state index contributed by atoms with van der Waals surface area (Å²) in [5, 5.41) is 3.27. The smallest absolute Gasteiger partial charge is 0.369 e. The summed E-state index contributed by atoms with van der Waals surface area (Å²) in [6.45, 7) is 2.62. The molecular formula is C15H20F3N5O. The van der Waals surface area contributed by atoms with Gasteiger partial charge in [0.15, 0.2) is 0 Å². The van der Waals surface area contributed by atoms with E-state index in [-0.39, 0.29) is 18.7 Å². The summed E-state index contributed by atoms with van der Waals surface area (Å²) in [5.74, 6) is 1.20. The molecule has 2 atom stereocenters. The predicted molar refractivity (Wildman–Crippen MR) is 80.1 cm³/mol. The minimum absolute atomic E-state index is 0.00580. The Kier molecular flexibility index (Phi) is 4.91. The average molecular weight is 343 g/mol. The molecule has 3 heterocycles. The van der Waals surface area contributed by atoms with Crippen molar-refractivity contribution in [3.8, 4) is 0 Å². The predicted octanol–water partition coefficient (Wildman–Crippen LogP) is 2.28. The molecule has 0 aromatic carbocycles. The third-order valence-corrected chi connectivity index (χ3v) is 4.11. The molecule has 3 rings (SSSR count). The Balaban J connectivity index is 1.65. The van der Waals surface area contributed by atoms with Crippen LogP contribution in [0.25, 0.3) is 0 Å². The average Bonchev–Trinajstić information content (AvgIpc) is 3.23. The third kappa shape index (κ3) is 3.78. The minimum Gasteiger partial charge on any atom is -0.369 e. The van der Waals surface area contributed by atoms with Gasteiger partial charge in [-0.25, -0.2) is 9.97 Å². The van der Waals surface area contributed by atoms with Crippen LogP contribution in [0.5, 0.6) is 0 Å². The largest absolute Gasteiger partial charge is 0.406 e. The number of nitrogens with one attached hydrogen (secondary N) is 1. The lowest BCUT2D eigenvalue weighted by atomic mass is 10.1. The molecule has 1 saturated heterocycles. The molecule has 1 fully saturated rings. The molecular weight excluding hydrogens is 323 g/mol. The van der Waals surface area contributed by atoms with Crippen LogP contribution in [0.2, 0.25) is 0 Å². The van der Waals surface area contributed by atoms with E-state index in [1.54, 1.807) is 6.20 Å². The highest BCUT2D eigenvalue weighted by Gasteiger charge is 2.33. The van der Waals surface area contributed by atoms with E-state index in [1.165, 1.54) is 12.4 Å². The van der Waals surface area contributed by atoms with Gasteiger partial charge >= 0.3 is 6.18 Å². The van der Waals surface area contributed by atoms with Crippen molar-refractivity contribution in [2.75, 3.05) is 6.61 Å². The van der Waals surface area contributed by atoms with Crippen LogP contribution >= 0.6 is 0 Å². The standard InChI is InChI=1S/C15H20F3N5O/c1-2-22-6-5-20-14(22)13-11(3-8-24-13)21-9-12-19-4-7-23(12)10-15(16,17)18/h4-7,11,13,21H,2-3,8-10H2,1H3/t11-,13-/m0/s1. The van der Waals surface area contributed by atoms with Gasteiger partial charge in [-0.05, 0) is 13.3 Å². The molecule has 132 valence electrons. The van der Waals surface area contributed by atoms with Gasteiger partial charge in [-0.3, -0.25) is 0 Å². The second-order valence-electron chi connectivity index (χ2n) is 5.73. The number of alkyl halides is 3. The first-order valence-corrected chi connectivity index (χ1v) is 7.90. The van der Waals surface area contributed by atoms with E-state index in [2.05, 4.69) is 15.3 Å². The third-order valence-electron chi connectivity index (χ3n) is 4.11. The number of aromatic nitrogens is 4. The lowest BCUT2D eigenvalue weighted by Gasteiger charge is -2.20. The monoisotopic (exact) mass is 343 g/mol. The van der Waals surface area contributed by atoms with E-state index in [9.17, 15) is 13.2 Å². The van der Waals surface area contributed by atoms with Crippen molar-refractivity contribution in [1.29, 1.82) is 0 Å². The molecule has 0 spiro atoms. The maximum absolute atomic E-state index is 12.6. The summed E-state index contributed by atoms with van der Waals surface area (Å²) in [4.78, 5) is 8.38. The van der Waals surface area contributed by atoms with E-state index in [0.717, 1.165) is 23.4 Å². The SMILES string of the molecule is CCn1ccnc1[C@H]1OCC[C@@H]1NCc1nccn1CC(F)(F)F. The van der Waals surface area contributed by atoms with Crippen LogP contribution in [0.3, 0.4) is 0 Å². The van der Waals surface area contributed by atoms with E-state index < -0.39 is 12.7 Å². The summed E-state index contributed by atoms with van der Waals surface area (Å²) in [6, 6.07) is -0.00580. The molecule has 1 aliphatic rings. The molecule has 0 amide bonds. The number of ether oxygens (including phenoxy) is 1. The maximum Gasteiger partial charge on any atom is 0.406 e. The number of rotatable bonds is 6. The fraction of sp³-hybridized carbons (Fsp3) is 0.600. The Labute approximate surface area is 137 Å². The lowest BCUT2D eigenvalue weighted by molar-refractivity contribution is -0.141. The summed E-state index contributed by atoms with van der Waals surface area (Å²) < 4.78 is 46.6. The molecule has 0 bridgehead atoms. The second-order valence-corrected chi connectivity index (χ2v) is 5.73. The van der Waals surface area contributed by atoms with Gasteiger partial charge in [0.25, 0.3) is 0 Å². The van der Waals surface area contributed by atoms with Crippen molar-refractivity contribution in [2.24, 2.45) is 0 Å². The molecule has 6 nitrogen and oxygen atoms in total. The molecule has 0 saturated carbocycles. The molecule has 2 aromatic heterocycles. The Morgan fingerprint density at radius 3 is 2.75 bits per heavy atom. The number of aryl methyl sites for hydroxylation is 1. The van der Waals surface area contributed by atoms with Crippen molar-refractivity contribution in [3.63, 3.8) is 0 Å². The Morgan fingerprint density at radius 1 is 1.25 bits per heavy atom.